The summed E-state index contributed by atoms with van der Waals surface area (Å²) in [4.78, 5) is 17.9. The summed E-state index contributed by atoms with van der Waals surface area (Å²) in [5.41, 5.74) is 0.590. The van der Waals surface area contributed by atoms with E-state index in [1.54, 1.807) is 35.9 Å². The molecule has 0 radical (unpaired) electrons. The Balaban J connectivity index is 1.53. The number of hydrogen-bond donors (Lipinski definition) is 1. The highest BCUT2D eigenvalue weighted by molar-refractivity contribution is 7.15. The Labute approximate surface area is 114 Å². The van der Waals surface area contributed by atoms with Crippen molar-refractivity contribution in [1.82, 2.24) is 20.5 Å². The molecular weight excluding hydrogens is 262 g/mol. The summed E-state index contributed by atoms with van der Waals surface area (Å²) in [7, 11) is 0. The second-order valence-corrected chi connectivity index (χ2v) is 5.58. The zero-order valence-electron chi connectivity index (χ0n) is 10.4. The maximum atomic E-state index is 11.9. The first-order chi connectivity index (χ1) is 9.22. The molecule has 1 N–H and O–H groups in total. The van der Waals surface area contributed by atoms with E-state index in [1.807, 2.05) is 6.92 Å². The van der Waals surface area contributed by atoms with E-state index in [2.05, 4.69) is 25.4 Å². The summed E-state index contributed by atoms with van der Waals surface area (Å²) in [6, 6.07) is 3.68. The first-order valence-corrected chi connectivity index (χ1v) is 6.80. The summed E-state index contributed by atoms with van der Waals surface area (Å²) in [5, 5.41) is 12.9. The number of carbonyl (C=O) groups is 1. The van der Waals surface area contributed by atoms with Crippen LogP contribution in [-0.2, 0) is 0 Å². The normalized spacial score (nSPS) is 15.1. The molecule has 0 spiro atoms. The molecule has 7 heteroatoms. The maximum absolute atomic E-state index is 11.9. The van der Waals surface area contributed by atoms with E-state index in [1.165, 1.54) is 0 Å². The third-order valence-corrected chi connectivity index (χ3v) is 3.83. The van der Waals surface area contributed by atoms with Crippen molar-refractivity contribution < 1.29 is 4.79 Å². The highest BCUT2D eigenvalue weighted by Crippen LogP contribution is 2.24. The Morgan fingerprint density at radius 1 is 1.47 bits per heavy atom. The Morgan fingerprint density at radius 3 is 2.95 bits per heavy atom. The minimum Gasteiger partial charge on any atom is -0.346 e. The number of hydrogen-bond acceptors (Lipinski definition) is 6. The molecule has 0 atom stereocenters. The van der Waals surface area contributed by atoms with E-state index in [0.717, 1.165) is 23.2 Å². The van der Waals surface area contributed by atoms with Crippen molar-refractivity contribution in [3.8, 4) is 0 Å². The van der Waals surface area contributed by atoms with Gasteiger partial charge >= 0.3 is 0 Å². The van der Waals surface area contributed by atoms with Crippen LogP contribution >= 0.6 is 11.3 Å². The van der Waals surface area contributed by atoms with Crippen LogP contribution in [0.15, 0.2) is 24.5 Å². The molecule has 3 rings (SSSR count). The van der Waals surface area contributed by atoms with Crippen molar-refractivity contribution in [2.24, 2.45) is 0 Å². The lowest BCUT2D eigenvalue weighted by molar-refractivity contribution is 0.0930. The van der Waals surface area contributed by atoms with Crippen molar-refractivity contribution >= 4 is 22.4 Å². The van der Waals surface area contributed by atoms with Crippen molar-refractivity contribution in [1.29, 1.82) is 0 Å². The summed E-state index contributed by atoms with van der Waals surface area (Å²) in [6.45, 7) is 3.49. The van der Waals surface area contributed by atoms with Gasteiger partial charge in [0.15, 0.2) is 0 Å². The maximum Gasteiger partial charge on any atom is 0.253 e. The van der Waals surface area contributed by atoms with E-state index in [4.69, 9.17) is 0 Å². The molecule has 98 valence electrons. The van der Waals surface area contributed by atoms with Gasteiger partial charge in [-0.1, -0.05) is 11.3 Å². The van der Waals surface area contributed by atoms with Crippen LogP contribution in [0.4, 0.5) is 5.13 Å². The first-order valence-electron chi connectivity index (χ1n) is 5.98. The van der Waals surface area contributed by atoms with Gasteiger partial charge in [0.2, 0.25) is 5.13 Å². The SMILES string of the molecule is Cc1nnc(N2CC(NC(=O)c3cccnc3)C2)s1. The minimum atomic E-state index is -0.0776. The first kappa shape index (κ1) is 12.0. The van der Waals surface area contributed by atoms with Gasteiger partial charge in [-0.3, -0.25) is 9.78 Å². The number of carbonyl (C=O) groups excluding carboxylic acids is 1. The number of nitrogens with one attached hydrogen (secondary N) is 1. The van der Waals surface area contributed by atoms with Gasteiger partial charge in [0.25, 0.3) is 5.91 Å². The summed E-state index contributed by atoms with van der Waals surface area (Å²) >= 11 is 1.57. The monoisotopic (exact) mass is 275 g/mol. The van der Waals surface area contributed by atoms with Crippen LogP contribution in [0.25, 0.3) is 0 Å². The lowest BCUT2D eigenvalue weighted by Gasteiger charge is -2.39. The fraction of sp³-hybridized carbons (Fsp3) is 0.333. The molecule has 2 aromatic heterocycles. The second kappa shape index (κ2) is 4.93. The third-order valence-electron chi connectivity index (χ3n) is 2.93. The van der Waals surface area contributed by atoms with E-state index in [0.29, 0.717) is 5.56 Å². The smallest absolute Gasteiger partial charge is 0.253 e. The summed E-state index contributed by atoms with van der Waals surface area (Å²) in [6.07, 6.45) is 3.22. The van der Waals surface area contributed by atoms with Crippen LogP contribution < -0.4 is 10.2 Å². The Kier molecular flexibility index (Phi) is 3.12. The van der Waals surface area contributed by atoms with Crippen molar-refractivity contribution in [2.75, 3.05) is 18.0 Å². The van der Waals surface area contributed by atoms with Crippen LogP contribution in [0.2, 0.25) is 0 Å². The summed E-state index contributed by atoms with van der Waals surface area (Å²) in [5.74, 6) is -0.0776. The third kappa shape index (κ3) is 2.55. The average Bonchev–Trinajstić information content (AvgIpc) is 2.80. The molecule has 6 nitrogen and oxygen atoms in total. The van der Waals surface area contributed by atoms with Crippen molar-refractivity contribution in [3.63, 3.8) is 0 Å². The van der Waals surface area contributed by atoms with Crippen LogP contribution in [0.3, 0.4) is 0 Å². The van der Waals surface area contributed by atoms with Crippen LogP contribution in [0, 0.1) is 6.92 Å². The number of anilines is 1. The van der Waals surface area contributed by atoms with Gasteiger partial charge < -0.3 is 10.2 Å². The molecule has 1 aliphatic heterocycles. The van der Waals surface area contributed by atoms with Gasteiger partial charge in [0, 0.05) is 25.5 Å². The Morgan fingerprint density at radius 2 is 2.32 bits per heavy atom. The molecular formula is C12H13N5OS. The topological polar surface area (TPSA) is 71.0 Å². The van der Waals surface area contributed by atoms with Gasteiger partial charge in [-0.25, -0.2) is 0 Å². The van der Waals surface area contributed by atoms with Crippen LogP contribution in [-0.4, -0.2) is 40.2 Å². The van der Waals surface area contributed by atoms with Gasteiger partial charge in [-0.2, -0.15) is 0 Å². The molecule has 1 amide bonds. The molecule has 0 saturated carbocycles. The van der Waals surface area contributed by atoms with Crippen molar-refractivity contribution in [2.45, 2.75) is 13.0 Å². The molecule has 2 aromatic rings. The fourth-order valence-electron chi connectivity index (χ4n) is 1.91. The van der Waals surface area contributed by atoms with Gasteiger partial charge in [0.1, 0.15) is 5.01 Å². The highest BCUT2D eigenvalue weighted by atomic mass is 32.1. The van der Waals surface area contributed by atoms with Gasteiger partial charge in [-0.15, -0.1) is 10.2 Å². The Bertz CT molecular complexity index is 579. The van der Waals surface area contributed by atoms with E-state index < -0.39 is 0 Å². The molecule has 1 saturated heterocycles. The van der Waals surface area contributed by atoms with E-state index in [-0.39, 0.29) is 11.9 Å². The number of aromatic nitrogens is 3. The quantitative estimate of drug-likeness (QED) is 0.899. The van der Waals surface area contributed by atoms with E-state index >= 15 is 0 Å². The molecule has 0 aromatic carbocycles. The molecule has 0 bridgehead atoms. The largest absolute Gasteiger partial charge is 0.346 e. The molecule has 1 aliphatic rings. The lowest BCUT2D eigenvalue weighted by Crippen LogP contribution is -2.59. The number of rotatable bonds is 3. The number of aryl methyl sites for hydroxylation is 1. The fourth-order valence-corrected chi connectivity index (χ4v) is 2.61. The number of pyridine rings is 1. The van der Waals surface area contributed by atoms with Crippen LogP contribution in [0.5, 0.6) is 0 Å². The molecule has 0 aliphatic carbocycles. The van der Waals surface area contributed by atoms with Crippen molar-refractivity contribution in [3.05, 3.63) is 35.1 Å². The Hall–Kier alpha value is -2.02. The molecule has 3 heterocycles. The average molecular weight is 275 g/mol. The predicted octanol–water partition coefficient (Wildman–Crippen LogP) is 0.860. The molecule has 0 unspecified atom stereocenters. The van der Waals surface area contributed by atoms with E-state index in [9.17, 15) is 4.79 Å². The highest BCUT2D eigenvalue weighted by Gasteiger charge is 2.30. The second-order valence-electron chi connectivity index (χ2n) is 4.42. The number of nitrogens with zero attached hydrogens (tertiary/aromatic N) is 4. The zero-order chi connectivity index (χ0) is 13.2. The van der Waals surface area contributed by atoms with Crippen LogP contribution in [0.1, 0.15) is 15.4 Å². The standard InChI is InChI=1S/C12H13N5OS/c1-8-15-16-12(19-8)17-6-10(7-17)14-11(18)9-3-2-4-13-5-9/h2-5,10H,6-7H2,1H3,(H,14,18). The van der Waals surface area contributed by atoms with Gasteiger partial charge in [-0.05, 0) is 19.1 Å². The molecule has 19 heavy (non-hydrogen) atoms. The van der Waals surface area contributed by atoms with Gasteiger partial charge in [0.05, 0.1) is 11.6 Å². The predicted molar refractivity (Wildman–Crippen MR) is 72.4 cm³/mol. The molecule has 1 fully saturated rings. The minimum absolute atomic E-state index is 0.0776. The number of amides is 1. The summed E-state index contributed by atoms with van der Waals surface area (Å²) < 4.78 is 0. The lowest BCUT2D eigenvalue weighted by atomic mass is 10.1. The zero-order valence-corrected chi connectivity index (χ0v) is 11.2.